The van der Waals surface area contributed by atoms with Crippen LogP contribution in [0.1, 0.15) is 17.5 Å². The van der Waals surface area contributed by atoms with Gasteiger partial charge in [0.1, 0.15) is 6.04 Å². The Kier molecular flexibility index (Phi) is 3.56. The lowest BCUT2D eigenvalue weighted by molar-refractivity contribution is -0.139. The molecule has 98 valence electrons. The van der Waals surface area contributed by atoms with Gasteiger partial charge in [0.15, 0.2) is 0 Å². The molecule has 1 aliphatic heterocycles. The van der Waals surface area contributed by atoms with Gasteiger partial charge in [-0.05, 0) is 17.7 Å². The van der Waals surface area contributed by atoms with Gasteiger partial charge < -0.3 is 10.1 Å². The molecular formula is C12H12F3NO2. The van der Waals surface area contributed by atoms with Crippen molar-refractivity contribution in [3.05, 3.63) is 35.4 Å². The summed E-state index contributed by atoms with van der Waals surface area (Å²) in [4.78, 5) is 11.1. The maximum atomic E-state index is 12.3. The monoisotopic (exact) mass is 259 g/mol. The maximum Gasteiger partial charge on any atom is 0.416 e. The number of halogens is 3. The van der Waals surface area contributed by atoms with E-state index in [0.717, 1.165) is 12.1 Å². The van der Waals surface area contributed by atoms with E-state index in [0.29, 0.717) is 25.1 Å². The third-order valence-electron chi connectivity index (χ3n) is 2.77. The van der Waals surface area contributed by atoms with E-state index in [1.54, 1.807) is 0 Å². The molecule has 0 bridgehead atoms. The van der Waals surface area contributed by atoms with Crippen LogP contribution in [-0.2, 0) is 22.3 Å². The molecule has 6 heteroatoms. The number of hydrogen-bond donors (Lipinski definition) is 1. The molecule has 0 radical (unpaired) electrons. The Hall–Kier alpha value is -1.56. The van der Waals surface area contributed by atoms with E-state index in [4.69, 9.17) is 4.74 Å². The predicted octanol–water partition coefficient (Wildman–Crippen LogP) is 2.11. The van der Waals surface area contributed by atoms with Crippen LogP contribution in [0.3, 0.4) is 0 Å². The van der Waals surface area contributed by atoms with Gasteiger partial charge in [0.2, 0.25) is 0 Å². The largest absolute Gasteiger partial charge is 0.464 e. The molecule has 1 saturated heterocycles. The molecule has 1 N–H and O–H groups in total. The fourth-order valence-electron chi connectivity index (χ4n) is 1.73. The average molecular weight is 259 g/mol. The van der Waals surface area contributed by atoms with Gasteiger partial charge in [-0.15, -0.1) is 0 Å². The number of nitrogens with one attached hydrogen (secondary N) is 1. The fourth-order valence-corrected chi connectivity index (χ4v) is 1.73. The van der Waals surface area contributed by atoms with Crippen molar-refractivity contribution in [1.82, 2.24) is 5.32 Å². The van der Waals surface area contributed by atoms with Crippen LogP contribution in [-0.4, -0.2) is 18.6 Å². The SMILES string of the molecule is O=C1OCCC1NCc1ccc(C(F)(F)F)cc1. The molecule has 1 unspecified atom stereocenters. The molecule has 0 aromatic heterocycles. The Morgan fingerprint density at radius 3 is 2.44 bits per heavy atom. The van der Waals surface area contributed by atoms with Gasteiger partial charge in [-0.25, -0.2) is 0 Å². The van der Waals surface area contributed by atoms with Crippen molar-refractivity contribution in [2.45, 2.75) is 25.2 Å². The molecule has 1 aromatic carbocycles. The molecule has 1 fully saturated rings. The molecule has 0 aliphatic carbocycles. The fraction of sp³-hybridized carbons (Fsp3) is 0.417. The summed E-state index contributed by atoms with van der Waals surface area (Å²) in [7, 11) is 0. The zero-order chi connectivity index (χ0) is 13.2. The van der Waals surface area contributed by atoms with Crippen LogP contribution in [0.5, 0.6) is 0 Å². The third kappa shape index (κ3) is 3.01. The van der Waals surface area contributed by atoms with Crippen molar-refractivity contribution in [2.75, 3.05) is 6.61 Å². The lowest BCUT2D eigenvalue weighted by atomic mass is 10.1. The van der Waals surface area contributed by atoms with Gasteiger partial charge >= 0.3 is 12.1 Å². The zero-order valence-corrected chi connectivity index (χ0v) is 9.46. The standard InChI is InChI=1S/C12H12F3NO2/c13-12(14,15)9-3-1-8(2-4-9)7-16-10-5-6-18-11(10)17/h1-4,10,16H,5-7H2. The summed E-state index contributed by atoms with van der Waals surface area (Å²) < 4.78 is 41.7. The molecule has 0 amide bonds. The highest BCUT2D eigenvalue weighted by Crippen LogP contribution is 2.29. The number of alkyl halides is 3. The lowest BCUT2D eigenvalue weighted by Crippen LogP contribution is -2.32. The molecule has 0 saturated carbocycles. The van der Waals surface area contributed by atoms with Gasteiger partial charge in [0.05, 0.1) is 12.2 Å². The summed E-state index contributed by atoms with van der Waals surface area (Å²) >= 11 is 0. The first-order chi connectivity index (χ1) is 8.47. The van der Waals surface area contributed by atoms with Crippen molar-refractivity contribution in [3.63, 3.8) is 0 Å². The Balaban J connectivity index is 1.92. The molecule has 1 aliphatic rings. The van der Waals surface area contributed by atoms with Crippen molar-refractivity contribution in [1.29, 1.82) is 0 Å². The van der Waals surface area contributed by atoms with Crippen LogP contribution in [0.15, 0.2) is 24.3 Å². The minimum atomic E-state index is -4.32. The normalized spacial score (nSPS) is 19.9. The summed E-state index contributed by atoms with van der Waals surface area (Å²) in [6, 6.07) is 4.51. The number of benzene rings is 1. The highest BCUT2D eigenvalue weighted by atomic mass is 19.4. The topological polar surface area (TPSA) is 38.3 Å². The Bertz CT molecular complexity index is 428. The Morgan fingerprint density at radius 2 is 1.94 bits per heavy atom. The Morgan fingerprint density at radius 1 is 1.28 bits per heavy atom. The minimum Gasteiger partial charge on any atom is -0.464 e. The smallest absolute Gasteiger partial charge is 0.416 e. The Labute approximate surface area is 102 Å². The van der Waals surface area contributed by atoms with Gasteiger partial charge in [0.25, 0.3) is 0 Å². The highest BCUT2D eigenvalue weighted by Gasteiger charge is 2.30. The first-order valence-corrected chi connectivity index (χ1v) is 5.53. The summed E-state index contributed by atoms with van der Waals surface area (Å²) in [6.07, 6.45) is -3.72. The lowest BCUT2D eigenvalue weighted by Gasteiger charge is -2.10. The maximum absolute atomic E-state index is 12.3. The van der Waals surface area contributed by atoms with E-state index in [9.17, 15) is 18.0 Å². The molecular weight excluding hydrogens is 247 g/mol. The molecule has 0 spiro atoms. The molecule has 2 rings (SSSR count). The van der Waals surface area contributed by atoms with Crippen molar-refractivity contribution >= 4 is 5.97 Å². The molecule has 3 nitrogen and oxygen atoms in total. The van der Waals surface area contributed by atoms with Gasteiger partial charge in [0, 0.05) is 13.0 Å². The number of carbonyl (C=O) groups is 1. The second-order valence-electron chi connectivity index (χ2n) is 4.08. The number of rotatable bonds is 3. The van der Waals surface area contributed by atoms with E-state index < -0.39 is 11.7 Å². The second-order valence-corrected chi connectivity index (χ2v) is 4.08. The number of hydrogen-bond acceptors (Lipinski definition) is 3. The van der Waals surface area contributed by atoms with E-state index in [2.05, 4.69) is 5.32 Å². The highest BCUT2D eigenvalue weighted by molar-refractivity contribution is 5.77. The predicted molar refractivity (Wildman–Crippen MR) is 57.6 cm³/mol. The van der Waals surface area contributed by atoms with E-state index in [1.165, 1.54) is 12.1 Å². The molecule has 1 atom stereocenters. The van der Waals surface area contributed by atoms with Crippen LogP contribution < -0.4 is 5.32 Å². The second kappa shape index (κ2) is 4.97. The first-order valence-electron chi connectivity index (χ1n) is 5.53. The van der Waals surface area contributed by atoms with Crippen molar-refractivity contribution < 1.29 is 22.7 Å². The molecule has 1 aromatic rings. The number of cyclic esters (lactones) is 1. The van der Waals surface area contributed by atoms with Crippen LogP contribution in [0.2, 0.25) is 0 Å². The van der Waals surface area contributed by atoms with Crippen molar-refractivity contribution in [3.8, 4) is 0 Å². The van der Waals surface area contributed by atoms with E-state index in [1.807, 2.05) is 0 Å². The van der Waals surface area contributed by atoms with Crippen LogP contribution >= 0.6 is 0 Å². The van der Waals surface area contributed by atoms with Crippen molar-refractivity contribution in [2.24, 2.45) is 0 Å². The van der Waals surface area contributed by atoms with Crippen LogP contribution in [0.4, 0.5) is 13.2 Å². The van der Waals surface area contributed by atoms with Gasteiger partial charge in [-0.1, -0.05) is 12.1 Å². The number of ether oxygens (including phenoxy) is 1. The number of esters is 1. The zero-order valence-electron chi connectivity index (χ0n) is 9.46. The minimum absolute atomic E-state index is 0.304. The first kappa shape index (κ1) is 12.9. The van der Waals surface area contributed by atoms with Gasteiger partial charge in [-0.2, -0.15) is 13.2 Å². The number of carbonyl (C=O) groups excluding carboxylic acids is 1. The molecule has 18 heavy (non-hydrogen) atoms. The summed E-state index contributed by atoms with van der Waals surface area (Å²) in [5.41, 5.74) is 0.0224. The van der Waals surface area contributed by atoms with Crippen LogP contribution in [0.25, 0.3) is 0 Å². The summed E-state index contributed by atoms with van der Waals surface area (Å²) in [5.74, 6) is -0.304. The quantitative estimate of drug-likeness (QED) is 0.845. The average Bonchev–Trinajstić information content (AvgIpc) is 2.72. The van der Waals surface area contributed by atoms with Crippen LogP contribution in [0, 0.1) is 0 Å². The summed E-state index contributed by atoms with van der Waals surface area (Å²) in [5, 5.41) is 2.95. The molecule has 1 heterocycles. The van der Waals surface area contributed by atoms with E-state index in [-0.39, 0.29) is 12.0 Å². The third-order valence-corrected chi connectivity index (χ3v) is 2.77. The van der Waals surface area contributed by atoms with Gasteiger partial charge in [-0.3, -0.25) is 4.79 Å². The van der Waals surface area contributed by atoms with E-state index >= 15 is 0 Å². The summed E-state index contributed by atoms with van der Waals surface area (Å²) in [6.45, 7) is 0.738.